The van der Waals surface area contributed by atoms with Crippen molar-refractivity contribution in [1.29, 1.82) is 0 Å². The zero-order valence-corrected chi connectivity index (χ0v) is 8.30. The first-order valence-corrected chi connectivity index (χ1v) is 5.04. The van der Waals surface area contributed by atoms with E-state index in [9.17, 15) is 13.2 Å². The zero-order chi connectivity index (χ0) is 11.4. The molecule has 0 aromatic carbocycles. The summed E-state index contributed by atoms with van der Waals surface area (Å²) in [7, 11) is 0. The zero-order valence-electron chi connectivity index (χ0n) is 8.30. The molecule has 16 heavy (non-hydrogen) atoms. The van der Waals surface area contributed by atoms with Gasteiger partial charge in [-0.3, -0.25) is 0 Å². The Balaban J connectivity index is 2.21. The summed E-state index contributed by atoms with van der Waals surface area (Å²) in [6.07, 6.45) is -0.803. The topological polar surface area (TPSA) is 28.7 Å². The van der Waals surface area contributed by atoms with Crippen LogP contribution in [-0.2, 0) is 5.41 Å². The Morgan fingerprint density at radius 1 is 1.31 bits per heavy atom. The minimum absolute atomic E-state index is 0.179. The average Bonchev–Trinajstić information content (AvgIpc) is 2.93. The number of hydrogen-bond acceptors (Lipinski definition) is 1. The van der Waals surface area contributed by atoms with Crippen molar-refractivity contribution in [2.75, 3.05) is 0 Å². The first-order chi connectivity index (χ1) is 7.55. The largest absolute Gasteiger partial charge is 0.398 e. The molecule has 2 aromatic rings. The lowest BCUT2D eigenvalue weighted by Gasteiger charge is -2.18. The van der Waals surface area contributed by atoms with E-state index in [1.807, 2.05) is 0 Å². The highest BCUT2D eigenvalue weighted by Crippen LogP contribution is 2.60. The van der Waals surface area contributed by atoms with E-state index in [1.165, 1.54) is 6.20 Å². The standard InChI is InChI=1S/C11H9F3N2/c12-11(13,14)10(3-4-10)8-6-16-9-7(8)2-1-5-15-9/h1-2,5-6H,3-4H2,(H,15,16). The summed E-state index contributed by atoms with van der Waals surface area (Å²) in [6.45, 7) is 0. The van der Waals surface area contributed by atoms with Crippen LogP contribution >= 0.6 is 0 Å². The van der Waals surface area contributed by atoms with Gasteiger partial charge in [0.15, 0.2) is 0 Å². The van der Waals surface area contributed by atoms with Crippen LogP contribution in [0.5, 0.6) is 0 Å². The van der Waals surface area contributed by atoms with Crippen molar-refractivity contribution >= 4 is 11.0 Å². The van der Waals surface area contributed by atoms with Crippen LogP contribution in [0.4, 0.5) is 13.2 Å². The molecule has 1 aliphatic carbocycles. The first-order valence-electron chi connectivity index (χ1n) is 5.04. The third-order valence-corrected chi connectivity index (χ3v) is 3.26. The van der Waals surface area contributed by atoms with Crippen LogP contribution in [-0.4, -0.2) is 16.1 Å². The molecule has 0 bridgehead atoms. The normalized spacial score (nSPS) is 18.9. The van der Waals surface area contributed by atoms with Crippen molar-refractivity contribution in [1.82, 2.24) is 9.97 Å². The molecule has 0 aliphatic heterocycles. The molecular formula is C11H9F3N2. The predicted molar refractivity (Wildman–Crippen MR) is 53.1 cm³/mol. The fraction of sp³-hybridized carbons (Fsp3) is 0.364. The second-order valence-electron chi connectivity index (χ2n) is 4.18. The van der Waals surface area contributed by atoms with E-state index in [0.29, 0.717) is 16.6 Å². The van der Waals surface area contributed by atoms with Crippen molar-refractivity contribution in [2.24, 2.45) is 0 Å². The van der Waals surface area contributed by atoms with E-state index in [2.05, 4.69) is 9.97 Å². The summed E-state index contributed by atoms with van der Waals surface area (Å²) < 4.78 is 38.9. The molecule has 0 amide bonds. The van der Waals surface area contributed by atoms with Gasteiger partial charge in [0.05, 0.1) is 5.41 Å². The Bertz CT molecular complexity index is 537. The van der Waals surface area contributed by atoms with E-state index >= 15 is 0 Å². The average molecular weight is 226 g/mol. The highest BCUT2D eigenvalue weighted by Gasteiger charge is 2.64. The van der Waals surface area contributed by atoms with E-state index < -0.39 is 11.6 Å². The van der Waals surface area contributed by atoms with Gasteiger partial charge in [-0.05, 0) is 30.5 Å². The predicted octanol–water partition coefficient (Wildman–Crippen LogP) is 3.16. The number of halogens is 3. The van der Waals surface area contributed by atoms with Gasteiger partial charge in [0.25, 0.3) is 0 Å². The number of pyridine rings is 1. The highest BCUT2D eigenvalue weighted by molar-refractivity contribution is 5.81. The van der Waals surface area contributed by atoms with Crippen LogP contribution in [0.1, 0.15) is 18.4 Å². The number of nitrogens with zero attached hydrogens (tertiary/aromatic N) is 1. The molecule has 0 saturated heterocycles. The second kappa shape index (κ2) is 2.78. The molecule has 5 heteroatoms. The lowest BCUT2D eigenvalue weighted by molar-refractivity contribution is -0.160. The quantitative estimate of drug-likeness (QED) is 0.794. The molecule has 0 atom stereocenters. The third-order valence-electron chi connectivity index (χ3n) is 3.26. The fourth-order valence-electron chi connectivity index (χ4n) is 2.18. The maximum Gasteiger partial charge on any atom is 0.398 e. The fourth-order valence-corrected chi connectivity index (χ4v) is 2.18. The summed E-state index contributed by atoms with van der Waals surface area (Å²) in [6, 6.07) is 3.34. The van der Waals surface area contributed by atoms with Gasteiger partial charge < -0.3 is 4.98 Å². The molecule has 1 fully saturated rings. The van der Waals surface area contributed by atoms with Gasteiger partial charge in [-0.2, -0.15) is 13.2 Å². The maximum absolute atomic E-state index is 13.0. The molecule has 1 saturated carbocycles. The lowest BCUT2D eigenvalue weighted by Crippen LogP contribution is -2.28. The van der Waals surface area contributed by atoms with Gasteiger partial charge >= 0.3 is 6.18 Å². The monoisotopic (exact) mass is 226 g/mol. The van der Waals surface area contributed by atoms with Crippen molar-refractivity contribution in [3.63, 3.8) is 0 Å². The van der Waals surface area contributed by atoms with Crippen molar-refractivity contribution in [2.45, 2.75) is 24.4 Å². The molecule has 1 N–H and O–H groups in total. The van der Waals surface area contributed by atoms with Crippen LogP contribution in [0.3, 0.4) is 0 Å². The number of nitrogens with one attached hydrogen (secondary N) is 1. The highest BCUT2D eigenvalue weighted by atomic mass is 19.4. The molecule has 0 unspecified atom stereocenters. The smallest absolute Gasteiger partial charge is 0.346 e. The maximum atomic E-state index is 13.0. The van der Waals surface area contributed by atoms with Crippen molar-refractivity contribution in [3.8, 4) is 0 Å². The second-order valence-corrected chi connectivity index (χ2v) is 4.18. The van der Waals surface area contributed by atoms with Gasteiger partial charge in [0, 0.05) is 17.8 Å². The van der Waals surface area contributed by atoms with Crippen LogP contribution in [0.2, 0.25) is 0 Å². The minimum Gasteiger partial charge on any atom is -0.346 e. The number of H-pyrrole nitrogens is 1. The first kappa shape index (κ1) is 9.69. The third kappa shape index (κ3) is 1.11. The van der Waals surface area contributed by atoms with Gasteiger partial charge in [-0.15, -0.1) is 0 Å². The van der Waals surface area contributed by atoms with Crippen LogP contribution in [0.25, 0.3) is 11.0 Å². The van der Waals surface area contributed by atoms with Crippen LogP contribution in [0, 0.1) is 0 Å². The SMILES string of the molecule is FC(F)(F)C1(c2c[nH]c3ncccc23)CC1. The Morgan fingerprint density at radius 2 is 2.06 bits per heavy atom. The summed E-state index contributed by atoms with van der Waals surface area (Å²) in [4.78, 5) is 6.80. The Kier molecular flexibility index (Phi) is 1.68. The number of hydrogen-bond donors (Lipinski definition) is 1. The van der Waals surface area contributed by atoms with Gasteiger partial charge in [0.2, 0.25) is 0 Å². The molecule has 1 aliphatic rings. The van der Waals surface area contributed by atoms with E-state index in [-0.39, 0.29) is 12.8 Å². The molecule has 3 rings (SSSR count). The Morgan fingerprint density at radius 3 is 2.69 bits per heavy atom. The summed E-state index contributed by atoms with van der Waals surface area (Å²) in [5.41, 5.74) is -0.773. The lowest BCUT2D eigenvalue weighted by atomic mass is 9.95. The molecular weight excluding hydrogens is 217 g/mol. The van der Waals surface area contributed by atoms with E-state index in [4.69, 9.17) is 0 Å². The summed E-state index contributed by atoms with van der Waals surface area (Å²) >= 11 is 0. The minimum atomic E-state index is -4.17. The number of aromatic nitrogens is 2. The van der Waals surface area contributed by atoms with Crippen molar-refractivity contribution in [3.05, 3.63) is 30.1 Å². The van der Waals surface area contributed by atoms with E-state index in [0.717, 1.165) is 0 Å². The van der Waals surface area contributed by atoms with Crippen LogP contribution in [0.15, 0.2) is 24.5 Å². The Hall–Kier alpha value is -1.52. The van der Waals surface area contributed by atoms with Gasteiger partial charge in [0.1, 0.15) is 5.65 Å². The number of alkyl halides is 3. The molecule has 2 heterocycles. The number of fused-ring (bicyclic) bond motifs is 1. The Labute approximate surface area is 89.5 Å². The number of rotatable bonds is 1. The molecule has 2 aromatic heterocycles. The number of aromatic amines is 1. The van der Waals surface area contributed by atoms with E-state index in [1.54, 1.807) is 18.3 Å². The molecule has 0 radical (unpaired) electrons. The van der Waals surface area contributed by atoms with Gasteiger partial charge in [-0.1, -0.05) is 0 Å². The molecule has 84 valence electrons. The van der Waals surface area contributed by atoms with Gasteiger partial charge in [-0.25, -0.2) is 4.98 Å². The van der Waals surface area contributed by atoms with Crippen molar-refractivity contribution < 1.29 is 13.2 Å². The summed E-state index contributed by atoms with van der Waals surface area (Å²) in [5, 5.41) is 0.581. The molecule has 0 spiro atoms. The molecule has 2 nitrogen and oxygen atoms in total. The van der Waals surface area contributed by atoms with Crippen LogP contribution < -0.4 is 0 Å². The summed E-state index contributed by atoms with van der Waals surface area (Å²) in [5.74, 6) is 0.